The minimum atomic E-state index is -0.0256. The first-order chi connectivity index (χ1) is 14.2. The third-order valence-electron chi connectivity index (χ3n) is 5.96. The van der Waals surface area contributed by atoms with Crippen molar-refractivity contribution < 1.29 is 9.53 Å². The van der Waals surface area contributed by atoms with Gasteiger partial charge < -0.3 is 15.0 Å². The predicted octanol–water partition coefficient (Wildman–Crippen LogP) is 4.67. The van der Waals surface area contributed by atoms with Crippen molar-refractivity contribution in [2.75, 3.05) is 31.5 Å². The normalized spacial score (nSPS) is 19.9. The molecular formula is C24H31N3O2. The average molecular weight is 394 g/mol. The molecule has 1 N–H and O–H groups in total. The molecule has 29 heavy (non-hydrogen) atoms. The minimum Gasteiger partial charge on any atom is -0.487 e. The van der Waals surface area contributed by atoms with Crippen LogP contribution in [0.2, 0.25) is 0 Å². The van der Waals surface area contributed by atoms with Crippen molar-refractivity contribution in [3.05, 3.63) is 59.7 Å². The second-order valence-corrected chi connectivity index (χ2v) is 8.19. The average Bonchev–Trinajstić information content (AvgIpc) is 3.30. The molecule has 1 unspecified atom stereocenters. The summed E-state index contributed by atoms with van der Waals surface area (Å²) < 4.78 is 6.05. The van der Waals surface area contributed by atoms with E-state index in [9.17, 15) is 4.79 Å². The van der Waals surface area contributed by atoms with Crippen molar-refractivity contribution in [2.45, 2.75) is 45.3 Å². The number of urea groups is 1. The number of hydrogen-bond acceptors (Lipinski definition) is 3. The third-order valence-corrected chi connectivity index (χ3v) is 5.96. The highest BCUT2D eigenvalue weighted by Crippen LogP contribution is 2.28. The molecule has 2 aliphatic rings. The quantitative estimate of drug-likeness (QED) is 0.803. The first-order valence-electron chi connectivity index (χ1n) is 10.8. The maximum absolute atomic E-state index is 13.0. The molecule has 5 heteroatoms. The van der Waals surface area contributed by atoms with Crippen molar-refractivity contribution in [1.82, 2.24) is 9.80 Å². The molecule has 2 saturated heterocycles. The Morgan fingerprint density at radius 3 is 2.66 bits per heavy atom. The lowest BCUT2D eigenvalue weighted by Crippen LogP contribution is -2.50. The van der Waals surface area contributed by atoms with Gasteiger partial charge in [-0.25, -0.2) is 4.79 Å². The zero-order valence-corrected chi connectivity index (χ0v) is 17.3. The number of hydrogen-bond donors (Lipinski definition) is 1. The molecule has 0 aliphatic carbocycles. The molecule has 154 valence electrons. The summed E-state index contributed by atoms with van der Waals surface area (Å²) in [5, 5.41) is 3.10. The Balaban J connectivity index is 1.40. The van der Waals surface area contributed by atoms with Crippen molar-refractivity contribution in [1.29, 1.82) is 0 Å². The van der Waals surface area contributed by atoms with Gasteiger partial charge in [0.25, 0.3) is 0 Å². The van der Waals surface area contributed by atoms with Crippen LogP contribution in [0.5, 0.6) is 5.75 Å². The molecule has 0 saturated carbocycles. The van der Waals surface area contributed by atoms with Crippen molar-refractivity contribution in [3.63, 3.8) is 0 Å². The number of benzene rings is 2. The predicted molar refractivity (Wildman–Crippen MR) is 116 cm³/mol. The number of aryl methyl sites for hydroxylation is 1. The lowest BCUT2D eigenvalue weighted by atomic mass is 10.0. The van der Waals surface area contributed by atoms with E-state index in [2.05, 4.69) is 10.2 Å². The number of amides is 2. The van der Waals surface area contributed by atoms with Crippen LogP contribution in [0.3, 0.4) is 0 Å². The molecule has 2 fully saturated rings. The van der Waals surface area contributed by atoms with E-state index in [-0.39, 0.29) is 6.03 Å². The Labute approximate surface area is 173 Å². The highest BCUT2D eigenvalue weighted by molar-refractivity contribution is 5.91. The van der Waals surface area contributed by atoms with Crippen LogP contribution in [0, 0.1) is 6.92 Å². The van der Waals surface area contributed by atoms with E-state index in [1.165, 1.54) is 32.4 Å². The summed E-state index contributed by atoms with van der Waals surface area (Å²) in [7, 11) is 0. The summed E-state index contributed by atoms with van der Waals surface area (Å²) in [6.07, 6.45) is 4.84. The van der Waals surface area contributed by atoms with Crippen LogP contribution in [0.25, 0.3) is 0 Å². The Morgan fingerprint density at radius 1 is 1.07 bits per heavy atom. The Hall–Kier alpha value is -2.53. The van der Waals surface area contributed by atoms with Crippen molar-refractivity contribution in [2.24, 2.45) is 0 Å². The van der Waals surface area contributed by atoms with E-state index in [4.69, 9.17) is 4.74 Å². The summed E-state index contributed by atoms with van der Waals surface area (Å²) in [6, 6.07) is 16.5. The van der Waals surface area contributed by atoms with Gasteiger partial charge in [0.2, 0.25) is 0 Å². The summed E-state index contributed by atoms with van der Waals surface area (Å²) in [5.41, 5.74) is 2.95. The van der Waals surface area contributed by atoms with Crippen LogP contribution >= 0.6 is 0 Å². The highest BCUT2D eigenvalue weighted by Gasteiger charge is 2.29. The van der Waals surface area contributed by atoms with E-state index in [0.717, 1.165) is 42.1 Å². The fourth-order valence-corrected chi connectivity index (χ4v) is 4.33. The lowest BCUT2D eigenvalue weighted by Gasteiger charge is -2.37. The van der Waals surface area contributed by atoms with E-state index in [1.54, 1.807) is 0 Å². The van der Waals surface area contributed by atoms with Gasteiger partial charge in [-0.15, -0.1) is 0 Å². The summed E-state index contributed by atoms with van der Waals surface area (Å²) in [5.74, 6) is 0.718. The van der Waals surface area contributed by atoms with E-state index < -0.39 is 0 Å². The molecule has 4 rings (SSSR count). The van der Waals surface area contributed by atoms with Crippen LogP contribution in [0.15, 0.2) is 48.5 Å². The fourth-order valence-electron chi connectivity index (χ4n) is 4.33. The van der Waals surface area contributed by atoms with Gasteiger partial charge in [0.15, 0.2) is 0 Å². The van der Waals surface area contributed by atoms with Gasteiger partial charge in [-0.05, 0) is 69.0 Å². The smallest absolute Gasteiger partial charge is 0.322 e. The molecule has 2 heterocycles. The van der Waals surface area contributed by atoms with Crippen molar-refractivity contribution >= 4 is 11.7 Å². The number of likely N-dealkylation sites (tertiary alicyclic amines) is 2. The molecular weight excluding hydrogens is 362 g/mol. The van der Waals surface area contributed by atoms with Gasteiger partial charge in [0.1, 0.15) is 12.4 Å². The van der Waals surface area contributed by atoms with E-state index in [0.29, 0.717) is 12.6 Å². The van der Waals surface area contributed by atoms with Crippen LogP contribution < -0.4 is 10.1 Å². The van der Waals surface area contributed by atoms with Gasteiger partial charge >= 0.3 is 6.03 Å². The molecule has 2 aromatic rings. The molecule has 5 nitrogen and oxygen atoms in total. The topological polar surface area (TPSA) is 44.8 Å². The van der Waals surface area contributed by atoms with Crippen LogP contribution in [0.4, 0.5) is 10.5 Å². The maximum Gasteiger partial charge on any atom is 0.322 e. The molecule has 1 atom stereocenters. The number of carbonyl (C=O) groups excluding carboxylic acids is 1. The van der Waals surface area contributed by atoms with Crippen LogP contribution in [0.1, 0.15) is 36.8 Å². The zero-order valence-electron chi connectivity index (χ0n) is 17.3. The maximum atomic E-state index is 13.0. The zero-order chi connectivity index (χ0) is 20.1. The number of ether oxygens (including phenoxy) is 1. The minimum absolute atomic E-state index is 0.0256. The Kier molecular flexibility index (Phi) is 6.35. The highest BCUT2D eigenvalue weighted by atomic mass is 16.5. The first kappa shape index (κ1) is 19.8. The number of piperidine rings is 1. The first-order valence-corrected chi connectivity index (χ1v) is 10.8. The third kappa shape index (κ3) is 5.10. The number of nitrogens with zero attached hydrogens (tertiary/aromatic N) is 2. The summed E-state index contributed by atoms with van der Waals surface area (Å²) in [6.45, 7) is 6.51. The van der Waals surface area contributed by atoms with Crippen molar-refractivity contribution in [3.8, 4) is 5.75 Å². The van der Waals surface area contributed by atoms with Gasteiger partial charge in [-0.3, -0.25) is 4.90 Å². The Morgan fingerprint density at radius 2 is 1.86 bits per heavy atom. The number of anilines is 1. The monoisotopic (exact) mass is 393 g/mol. The molecule has 0 radical (unpaired) electrons. The number of nitrogens with one attached hydrogen (secondary N) is 1. The number of rotatable bonds is 5. The second kappa shape index (κ2) is 9.31. The molecule has 2 aliphatic heterocycles. The van der Waals surface area contributed by atoms with Gasteiger partial charge in [-0.1, -0.05) is 36.4 Å². The molecule has 0 spiro atoms. The molecule has 2 amide bonds. The summed E-state index contributed by atoms with van der Waals surface area (Å²) in [4.78, 5) is 17.5. The summed E-state index contributed by atoms with van der Waals surface area (Å²) >= 11 is 0. The molecule has 0 bridgehead atoms. The van der Waals surface area contributed by atoms with Crippen LogP contribution in [-0.2, 0) is 6.61 Å². The van der Waals surface area contributed by atoms with E-state index in [1.807, 2.05) is 60.4 Å². The second-order valence-electron chi connectivity index (χ2n) is 8.19. The van der Waals surface area contributed by atoms with Gasteiger partial charge in [0.05, 0.1) is 5.69 Å². The largest absolute Gasteiger partial charge is 0.487 e. The van der Waals surface area contributed by atoms with Gasteiger partial charge in [-0.2, -0.15) is 0 Å². The number of carbonyl (C=O) groups is 1. The van der Waals surface area contributed by atoms with Gasteiger partial charge in [0, 0.05) is 19.1 Å². The Bertz CT molecular complexity index is 818. The van der Waals surface area contributed by atoms with Crippen LogP contribution in [-0.4, -0.2) is 48.1 Å². The van der Waals surface area contributed by atoms with E-state index >= 15 is 0 Å². The lowest BCUT2D eigenvalue weighted by molar-refractivity contribution is 0.131. The SMILES string of the molecule is Cc1ccc(NC(=O)N2CCCC(N3CCCC3)C2)c(OCc2ccccc2)c1. The molecule has 0 aromatic heterocycles. The standard InChI is InChI=1S/C24H31N3O2/c1-19-11-12-22(23(16-19)29-18-20-8-3-2-4-9-20)25-24(28)27-15-7-10-21(17-27)26-13-5-6-14-26/h2-4,8-9,11-12,16,21H,5-7,10,13-15,17-18H2,1H3,(H,25,28). The fraction of sp³-hybridized carbons (Fsp3) is 0.458. The molecule has 2 aromatic carbocycles.